The topological polar surface area (TPSA) is 89.3 Å². The highest BCUT2D eigenvalue weighted by atomic mass is 35.5. The summed E-state index contributed by atoms with van der Waals surface area (Å²) in [4.78, 5) is 4.14. The van der Waals surface area contributed by atoms with E-state index in [1.807, 2.05) is 6.92 Å². The molecule has 0 spiro atoms. The highest BCUT2D eigenvalue weighted by Crippen LogP contribution is 2.15. The maximum Gasteiger partial charge on any atom is 0.171 e. The number of hydrogen-bond donors (Lipinski definition) is 2. The SMILES string of the molecule is Cc1nn(-c2ccc(C(N)=NO)cn2)cc1Cl. The van der Waals surface area contributed by atoms with Crippen LogP contribution in [0.3, 0.4) is 0 Å². The summed E-state index contributed by atoms with van der Waals surface area (Å²) in [6, 6.07) is 3.39. The molecule has 0 aliphatic carbocycles. The molecule has 0 aromatic carbocycles. The summed E-state index contributed by atoms with van der Waals surface area (Å²) >= 11 is 5.90. The van der Waals surface area contributed by atoms with Crippen molar-refractivity contribution in [3.8, 4) is 5.82 Å². The van der Waals surface area contributed by atoms with Crippen molar-refractivity contribution in [2.24, 2.45) is 10.9 Å². The predicted octanol–water partition coefficient (Wildman–Crippen LogP) is 1.32. The largest absolute Gasteiger partial charge is 0.409 e. The third-order valence-corrected chi connectivity index (χ3v) is 2.60. The number of hydrogen-bond acceptors (Lipinski definition) is 4. The van der Waals surface area contributed by atoms with E-state index in [1.54, 1.807) is 23.0 Å². The number of rotatable bonds is 2. The molecule has 2 rings (SSSR count). The van der Waals surface area contributed by atoms with Crippen LogP contribution in [0.15, 0.2) is 29.7 Å². The first kappa shape index (κ1) is 11.4. The van der Waals surface area contributed by atoms with E-state index in [2.05, 4.69) is 15.2 Å². The zero-order chi connectivity index (χ0) is 12.4. The van der Waals surface area contributed by atoms with E-state index in [9.17, 15) is 0 Å². The Morgan fingerprint density at radius 2 is 2.29 bits per heavy atom. The van der Waals surface area contributed by atoms with Gasteiger partial charge in [-0.3, -0.25) is 0 Å². The highest BCUT2D eigenvalue weighted by molar-refractivity contribution is 6.31. The molecule has 7 heteroatoms. The quantitative estimate of drug-likeness (QED) is 0.365. The number of aryl methyl sites for hydroxylation is 1. The number of nitrogens with two attached hydrogens (primary N) is 1. The Hall–Kier alpha value is -2.08. The second-order valence-corrected chi connectivity index (χ2v) is 3.80. The minimum absolute atomic E-state index is 0.0127. The van der Waals surface area contributed by atoms with Crippen LogP contribution < -0.4 is 5.73 Å². The molecule has 88 valence electrons. The molecule has 0 fully saturated rings. The molecule has 6 nitrogen and oxygen atoms in total. The second-order valence-electron chi connectivity index (χ2n) is 3.40. The Labute approximate surface area is 102 Å². The van der Waals surface area contributed by atoms with Gasteiger partial charge in [-0.05, 0) is 19.1 Å². The lowest BCUT2D eigenvalue weighted by Gasteiger charge is -2.01. The number of halogens is 1. The molecule has 0 atom stereocenters. The second kappa shape index (κ2) is 4.42. The van der Waals surface area contributed by atoms with Crippen molar-refractivity contribution in [1.29, 1.82) is 0 Å². The Morgan fingerprint density at radius 3 is 2.76 bits per heavy atom. The van der Waals surface area contributed by atoms with Crippen LogP contribution in [0.25, 0.3) is 5.82 Å². The third kappa shape index (κ3) is 2.21. The smallest absolute Gasteiger partial charge is 0.171 e. The normalized spacial score (nSPS) is 11.8. The molecule has 0 saturated carbocycles. The fourth-order valence-electron chi connectivity index (χ4n) is 1.29. The van der Waals surface area contributed by atoms with Crippen molar-refractivity contribution >= 4 is 17.4 Å². The van der Waals surface area contributed by atoms with Crippen LogP contribution in [0.5, 0.6) is 0 Å². The van der Waals surface area contributed by atoms with Gasteiger partial charge in [0.15, 0.2) is 11.7 Å². The molecule has 17 heavy (non-hydrogen) atoms. The van der Waals surface area contributed by atoms with E-state index in [0.717, 1.165) is 5.69 Å². The van der Waals surface area contributed by atoms with Gasteiger partial charge in [0.2, 0.25) is 0 Å². The van der Waals surface area contributed by atoms with Gasteiger partial charge < -0.3 is 10.9 Å². The molecule has 0 saturated heterocycles. The van der Waals surface area contributed by atoms with Crippen LogP contribution in [0.2, 0.25) is 5.02 Å². The summed E-state index contributed by atoms with van der Waals surface area (Å²) in [6.07, 6.45) is 3.16. The molecule has 2 aromatic heterocycles. The number of oxime groups is 1. The molecule has 0 aliphatic rings. The zero-order valence-corrected chi connectivity index (χ0v) is 9.76. The van der Waals surface area contributed by atoms with Gasteiger partial charge in [0.05, 0.1) is 16.9 Å². The van der Waals surface area contributed by atoms with Gasteiger partial charge in [-0.15, -0.1) is 0 Å². The minimum atomic E-state index is 0.0127. The molecule has 0 radical (unpaired) electrons. The van der Waals surface area contributed by atoms with Crippen molar-refractivity contribution in [1.82, 2.24) is 14.8 Å². The summed E-state index contributed by atoms with van der Waals surface area (Å²) in [6.45, 7) is 1.81. The van der Waals surface area contributed by atoms with Crippen molar-refractivity contribution in [2.45, 2.75) is 6.92 Å². The van der Waals surface area contributed by atoms with Crippen LogP contribution in [0.4, 0.5) is 0 Å². The Bertz CT molecular complexity index is 541. The van der Waals surface area contributed by atoms with Crippen molar-refractivity contribution in [2.75, 3.05) is 0 Å². The lowest BCUT2D eigenvalue weighted by Crippen LogP contribution is -2.13. The predicted molar refractivity (Wildman–Crippen MR) is 63.6 cm³/mol. The average Bonchev–Trinajstić information content (AvgIpc) is 2.69. The number of pyridine rings is 1. The summed E-state index contributed by atoms with van der Waals surface area (Å²) in [7, 11) is 0. The van der Waals surface area contributed by atoms with Gasteiger partial charge in [-0.25, -0.2) is 9.67 Å². The summed E-state index contributed by atoms with van der Waals surface area (Å²) < 4.78 is 1.56. The van der Waals surface area contributed by atoms with Gasteiger partial charge in [-0.2, -0.15) is 5.10 Å². The highest BCUT2D eigenvalue weighted by Gasteiger charge is 2.06. The van der Waals surface area contributed by atoms with Crippen molar-refractivity contribution in [3.63, 3.8) is 0 Å². The maximum absolute atomic E-state index is 8.51. The average molecular weight is 252 g/mol. The molecular formula is C10H10ClN5O. The summed E-state index contributed by atoms with van der Waals surface area (Å²) in [5.41, 5.74) is 6.69. The lowest BCUT2D eigenvalue weighted by atomic mass is 10.2. The fourth-order valence-corrected chi connectivity index (χ4v) is 1.42. The molecule has 3 N–H and O–H groups in total. The van der Waals surface area contributed by atoms with Crippen molar-refractivity contribution in [3.05, 3.63) is 40.8 Å². The van der Waals surface area contributed by atoms with E-state index in [0.29, 0.717) is 16.4 Å². The molecule has 0 amide bonds. The number of aromatic nitrogens is 3. The van der Waals surface area contributed by atoms with Crippen LogP contribution in [-0.2, 0) is 0 Å². The zero-order valence-electron chi connectivity index (χ0n) is 9.00. The number of nitrogens with zero attached hydrogens (tertiary/aromatic N) is 4. The third-order valence-electron chi connectivity index (χ3n) is 2.23. The fraction of sp³-hybridized carbons (Fsp3) is 0.100. The first-order valence-electron chi connectivity index (χ1n) is 4.78. The van der Waals surface area contributed by atoms with Gasteiger partial charge >= 0.3 is 0 Å². The van der Waals surface area contributed by atoms with E-state index >= 15 is 0 Å². The molecule has 0 unspecified atom stereocenters. The van der Waals surface area contributed by atoms with E-state index in [4.69, 9.17) is 22.5 Å². The monoisotopic (exact) mass is 251 g/mol. The Balaban J connectivity index is 2.35. The van der Waals surface area contributed by atoms with E-state index < -0.39 is 0 Å². The standard InChI is InChI=1S/C10H10ClN5O/c1-6-8(11)5-16(14-6)9-3-2-7(4-13-9)10(12)15-17/h2-5,17H,1H3,(H2,12,15). The Morgan fingerprint density at radius 1 is 1.53 bits per heavy atom. The Kier molecular flexibility index (Phi) is 2.97. The first-order chi connectivity index (χ1) is 8.11. The van der Waals surface area contributed by atoms with Crippen LogP contribution >= 0.6 is 11.6 Å². The maximum atomic E-state index is 8.51. The van der Waals surface area contributed by atoms with Crippen LogP contribution in [-0.4, -0.2) is 25.8 Å². The van der Waals surface area contributed by atoms with Gasteiger partial charge in [0, 0.05) is 11.8 Å². The molecule has 0 bridgehead atoms. The summed E-state index contributed by atoms with van der Waals surface area (Å²) in [5, 5.41) is 16.2. The van der Waals surface area contributed by atoms with Gasteiger partial charge in [0.25, 0.3) is 0 Å². The first-order valence-corrected chi connectivity index (χ1v) is 5.15. The van der Waals surface area contributed by atoms with E-state index in [-0.39, 0.29) is 5.84 Å². The number of amidine groups is 1. The lowest BCUT2D eigenvalue weighted by molar-refractivity contribution is 0.318. The molecule has 0 aliphatic heterocycles. The molecular weight excluding hydrogens is 242 g/mol. The molecule has 2 heterocycles. The van der Waals surface area contributed by atoms with Gasteiger partial charge in [-0.1, -0.05) is 16.8 Å². The summed E-state index contributed by atoms with van der Waals surface area (Å²) in [5.74, 6) is 0.619. The van der Waals surface area contributed by atoms with Gasteiger partial charge in [0.1, 0.15) is 0 Å². The van der Waals surface area contributed by atoms with Crippen LogP contribution in [0.1, 0.15) is 11.3 Å². The minimum Gasteiger partial charge on any atom is -0.409 e. The van der Waals surface area contributed by atoms with Crippen LogP contribution in [0, 0.1) is 6.92 Å². The van der Waals surface area contributed by atoms with Crippen molar-refractivity contribution < 1.29 is 5.21 Å². The van der Waals surface area contributed by atoms with E-state index in [1.165, 1.54) is 6.20 Å². The molecule has 2 aromatic rings.